The van der Waals surface area contributed by atoms with Crippen LogP contribution in [-0.2, 0) is 11.8 Å². The fraction of sp³-hybridized carbons (Fsp3) is 0.400. The molecule has 5 atom stereocenters. The first-order valence-corrected chi connectivity index (χ1v) is 10.8. The molecule has 2 aromatic carbocycles. The average Bonchev–Trinajstić information content (AvgIpc) is 3.12. The van der Waals surface area contributed by atoms with Gasteiger partial charge in [-0.25, -0.2) is 0 Å². The van der Waals surface area contributed by atoms with Crippen LogP contribution < -0.4 is 4.74 Å². The lowest BCUT2D eigenvalue weighted by molar-refractivity contribution is -0.0513. The maximum atomic E-state index is 12.7. The van der Waals surface area contributed by atoms with Gasteiger partial charge in [0.25, 0.3) is 0 Å². The molecule has 6 rings (SSSR count). The van der Waals surface area contributed by atoms with Gasteiger partial charge in [0.1, 0.15) is 12.2 Å². The number of ketones is 1. The number of aliphatic hydroxyl groups is 1. The van der Waals surface area contributed by atoms with Crippen molar-refractivity contribution < 1.29 is 19.7 Å². The van der Waals surface area contributed by atoms with Gasteiger partial charge >= 0.3 is 0 Å². The van der Waals surface area contributed by atoms with Crippen molar-refractivity contribution in [3.63, 3.8) is 0 Å². The molecule has 1 fully saturated rings. The largest absolute Gasteiger partial charge is 0.504 e. The molecule has 2 heterocycles. The molecule has 0 aromatic heterocycles. The molecule has 2 N–H and O–H groups in total. The summed E-state index contributed by atoms with van der Waals surface area (Å²) in [5, 5.41) is 21.1. The van der Waals surface area contributed by atoms with Crippen LogP contribution >= 0.6 is 0 Å². The van der Waals surface area contributed by atoms with Gasteiger partial charge in [0.05, 0.1) is 0 Å². The lowest BCUT2D eigenvalue weighted by atomic mass is 9.53. The molecule has 2 aliphatic carbocycles. The first kappa shape index (κ1) is 18.2. The Kier molecular flexibility index (Phi) is 3.89. The number of ether oxygens (including phenoxy) is 1. The summed E-state index contributed by atoms with van der Waals surface area (Å²) in [5.74, 6) is 1.12. The number of hydrogen-bond acceptors (Lipinski definition) is 5. The molecule has 1 saturated heterocycles. The van der Waals surface area contributed by atoms with Crippen molar-refractivity contribution in [1.29, 1.82) is 0 Å². The molecule has 4 aliphatic rings. The highest BCUT2D eigenvalue weighted by atomic mass is 16.5. The predicted octanol–water partition coefficient (Wildman–Crippen LogP) is 2.84. The Hall–Kier alpha value is -2.63. The highest BCUT2D eigenvalue weighted by Gasteiger charge is 2.64. The van der Waals surface area contributed by atoms with Gasteiger partial charge in [-0.3, -0.25) is 9.69 Å². The molecular formula is C25H25NO4. The number of hydrogen-bond donors (Lipinski definition) is 2. The second kappa shape index (κ2) is 6.43. The number of nitrogens with zero attached hydrogens (tertiary/aromatic N) is 1. The molecule has 5 nitrogen and oxygen atoms in total. The lowest BCUT2D eigenvalue weighted by Crippen LogP contribution is -2.65. The third-order valence-electron chi connectivity index (χ3n) is 7.71. The predicted molar refractivity (Wildman–Crippen MR) is 112 cm³/mol. The number of aliphatic hydroxyl groups excluding tert-OH is 1. The second-order valence-electron chi connectivity index (χ2n) is 9.02. The molecule has 0 radical (unpaired) electrons. The van der Waals surface area contributed by atoms with Crippen LogP contribution in [0.5, 0.6) is 11.5 Å². The molecule has 2 bridgehead atoms. The molecule has 154 valence electrons. The molecule has 2 aromatic rings. The molecule has 0 amide bonds. The zero-order valence-electron chi connectivity index (χ0n) is 16.7. The summed E-state index contributed by atoms with van der Waals surface area (Å²) in [6.07, 6.45) is 5.20. The van der Waals surface area contributed by atoms with E-state index in [1.807, 2.05) is 42.5 Å². The number of carbonyl (C=O) groups is 1. The van der Waals surface area contributed by atoms with Crippen molar-refractivity contribution >= 4 is 5.78 Å². The van der Waals surface area contributed by atoms with E-state index in [0.717, 1.165) is 37.1 Å². The van der Waals surface area contributed by atoms with Crippen LogP contribution in [-0.4, -0.2) is 52.2 Å². The Morgan fingerprint density at radius 1 is 1.17 bits per heavy atom. The SMILES string of the molecule is O=C(CCN1CC[C@]23c4c5ccc(O)c4O[C@@H]2[C@H](O)C=C[C@@H]3[C@@H]1C5)c1ccccc1. The zero-order chi connectivity index (χ0) is 20.5. The molecular weight excluding hydrogens is 378 g/mol. The Balaban J connectivity index is 1.33. The van der Waals surface area contributed by atoms with E-state index in [-0.39, 0.29) is 35.0 Å². The minimum Gasteiger partial charge on any atom is -0.504 e. The minimum atomic E-state index is -0.675. The van der Waals surface area contributed by atoms with E-state index in [1.54, 1.807) is 6.07 Å². The Bertz CT molecular complexity index is 1050. The maximum Gasteiger partial charge on any atom is 0.165 e. The second-order valence-corrected chi connectivity index (χ2v) is 9.02. The van der Waals surface area contributed by atoms with Gasteiger partial charge < -0.3 is 14.9 Å². The Labute approximate surface area is 175 Å². The number of piperidine rings is 1. The van der Waals surface area contributed by atoms with Gasteiger partial charge in [-0.1, -0.05) is 48.6 Å². The number of phenols is 1. The van der Waals surface area contributed by atoms with Crippen molar-refractivity contribution in [3.05, 3.63) is 71.3 Å². The molecule has 5 heteroatoms. The quantitative estimate of drug-likeness (QED) is 0.607. The smallest absolute Gasteiger partial charge is 0.165 e. The molecule has 2 aliphatic heterocycles. The van der Waals surface area contributed by atoms with Crippen LogP contribution in [0.1, 0.15) is 34.3 Å². The lowest BCUT2D eigenvalue weighted by Gasteiger charge is -2.57. The van der Waals surface area contributed by atoms with Crippen LogP contribution in [0.3, 0.4) is 0 Å². The number of rotatable bonds is 4. The molecule has 0 unspecified atom stereocenters. The van der Waals surface area contributed by atoms with E-state index in [9.17, 15) is 15.0 Å². The molecule has 30 heavy (non-hydrogen) atoms. The summed E-state index contributed by atoms with van der Waals surface area (Å²) in [5.41, 5.74) is 2.79. The maximum absolute atomic E-state index is 12.7. The van der Waals surface area contributed by atoms with E-state index in [2.05, 4.69) is 11.0 Å². The van der Waals surface area contributed by atoms with E-state index in [1.165, 1.54) is 5.56 Å². The van der Waals surface area contributed by atoms with Crippen molar-refractivity contribution in [2.24, 2.45) is 5.92 Å². The number of benzene rings is 2. The van der Waals surface area contributed by atoms with Crippen LogP contribution in [0.4, 0.5) is 0 Å². The minimum absolute atomic E-state index is 0.165. The normalized spacial score (nSPS) is 33.1. The third-order valence-corrected chi connectivity index (χ3v) is 7.71. The summed E-state index contributed by atoms with van der Waals surface area (Å²) in [6, 6.07) is 13.5. The third kappa shape index (κ3) is 2.33. The molecule has 0 saturated carbocycles. The van der Waals surface area contributed by atoms with Crippen molar-refractivity contribution in [1.82, 2.24) is 4.90 Å². The van der Waals surface area contributed by atoms with Crippen LogP contribution in [0, 0.1) is 5.92 Å². The van der Waals surface area contributed by atoms with E-state index < -0.39 is 6.10 Å². The van der Waals surface area contributed by atoms with E-state index in [4.69, 9.17) is 4.74 Å². The molecule has 1 spiro atoms. The summed E-state index contributed by atoms with van der Waals surface area (Å²) in [4.78, 5) is 15.1. The van der Waals surface area contributed by atoms with E-state index in [0.29, 0.717) is 12.2 Å². The van der Waals surface area contributed by atoms with Gasteiger partial charge in [-0.15, -0.1) is 0 Å². The average molecular weight is 403 g/mol. The number of likely N-dealkylation sites (tertiary alicyclic amines) is 1. The van der Waals surface area contributed by atoms with Gasteiger partial charge in [0, 0.05) is 41.5 Å². The van der Waals surface area contributed by atoms with E-state index >= 15 is 0 Å². The number of aromatic hydroxyl groups is 1. The Morgan fingerprint density at radius 2 is 2.00 bits per heavy atom. The first-order valence-electron chi connectivity index (χ1n) is 10.8. The van der Waals surface area contributed by atoms with Gasteiger partial charge in [0.2, 0.25) is 0 Å². The summed E-state index contributed by atoms with van der Waals surface area (Å²) in [6.45, 7) is 1.59. The summed E-state index contributed by atoms with van der Waals surface area (Å²) >= 11 is 0. The zero-order valence-corrected chi connectivity index (χ0v) is 16.7. The Morgan fingerprint density at radius 3 is 2.83 bits per heavy atom. The van der Waals surface area contributed by atoms with Crippen LogP contribution in [0.25, 0.3) is 0 Å². The van der Waals surface area contributed by atoms with Crippen molar-refractivity contribution in [3.8, 4) is 11.5 Å². The van der Waals surface area contributed by atoms with Crippen molar-refractivity contribution in [2.45, 2.75) is 42.9 Å². The highest BCUT2D eigenvalue weighted by Crippen LogP contribution is 2.62. The van der Waals surface area contributed by atoms with Crippen molar-refractivity contribution in [2.75, 3.05) is 13.1 Å². The topological polar surface area (TPSA) is 70.0 Å². The monoisotopic (exact) mass is 403 g/mol. The first-order chi connectivity index (χ1) is 14.6. The number of Topliss-reactive ketones (excluding diaryl/α,β-unsaturated/α-hetero) is 1. The van der Waals surface area contributed by atoms with Gasteiger partial charge in [-0.05, 0) is 31.0 Å². The standard InChI is InChI=1S/C25H25NO4/c27-19(15-4-2-1-3-5-15)10-12-26-13-11-25-17-7-9-21(29)24(25)30-23-20(28)8-6-16(22(23)25)14-18(17)26/h1-9,17-18,21,24,28-29H,10-14H2/t17-,18+,21-,24-,25+/m1/s1. The van der Waals surface area contributed by atoms with Crippen LogP contribution in [0.15, 0.2) is 54.6 Å². The fourth-order valence-electron chi connectivity index (χ4n) is 6.42. The number of carbonyl (C=O) groups excluding carboxylic acids is 1. The highest BCUT2D eigenvalue weighted by molar-refractivity contribution is 5.96. The summed E-state index contributed by atoms with van der Waals surface area (Å²) < 4.78 is 6.19. The summed E-state index contributed by atoms with van der Waals surface area (Å²) in [7, 11) is 0. The van der Waals surface area contributed by atoms with Crippen LogP contribution in [0.2, 0.25) is 0 Å². The van der Waals surface area contributed by atoms with Gasteiger partial charge in [0.15, 0.2) is 17.3 Å². The van der Waals surface area contributed by atoms with Gasteiger partial charge in [-0.2, -0.15) is 0 Å². The fourth-order valence-corrected chi connectivity index (χ4v) is 6.42. The number of phenolic OH excluding ortho intramolecular Hbond substituents is 1.